The van der Waals surface area contributed by atoms with Gasteiger partial charge in [-0.3, -0.25) is 9.59 Å². The van der Waals surface area contributed by atoms with Crippen molar-refractivity contribution in [3.05, 3.63) is 29.8 Å². The van der Waals surface area contributed by atoms with Crippen LogP contribution >= 0.6 is 0 Å². The Morgan fingerprint density at radius 2 is 2.14 bits per heavy atom. The Kier molecular flexibility index (Phi) is 5.16. The molecule has 0 aliphatic carbocycles. The van der Waals surface area contributed by atoms with Gasteiger partial charge in [0.25, 0.3) is 0 Å². The Hall–Kier alpha value is -2.08. The van der Waals surface area contributed by atoms with Crippen molar-refractivity contribution < 1.29 is 9.59 Å². The summed E-state index contributed by atoms with van der Waals surface area (Å²) >= 11 is 0. The Morgan fingerprint density at radius 1 is 1.38 bits per heavy atom. The van der Waals surface area contributed by atoms with Crippen LogP contribution in [0.2, 0.25) is 0 Å². The topological polar surface area (TPSA) is 110 Å². The predicted molar refractivity (Wildman–Crippen MR) is 81.6 cm³/mol. The first-order valence-corrected chi connectivity index (χ1v) is 7.26. The van der Waals surface area contributed by atoms with Gasteiger partial charge in [0.05, 0.1) is 0 Å². The summed E-state index contributed by atoms with van der Waals surface area (Å²) in [7, 11) is 0. The molecule has 21 heavy (non-hydrogen) atoms. The largest absolute Gasteiger partial charge is 0.373 e. The van der Waals surface area contributed by atoms with E-state index in [0.717, 1.165) is 12.1 Å². The fraction of sp³-hybridized carbons (Fsp3) is 0.467. The zero-order valence-electron chi connectivity index (χ0n) is 12.0. The van der Waals surface area contributed by atoms with Gasteiger partial charge in [-0.25, -0.2) is 0 Å². The molecule has 2 amide bonds. The van der Waals surface area contributed by atoms with E-state index < -0.39 is 11.9 Å². The van der Waals surface area contributed by atoms with Gasteiger partial charge in [-0.05, 0) is 43.9 Å². The van der Waals surface area contributed by atoms with Crippen LogP contribution in [-0.4, -0.2) is 30.4 Å². The smallest absolute Gasteiger partial charge is 0.243 e. The van der Waals surface area contributed by atoms with Crippen molar-refractivity contribution in [1.82, 2.24) is 5.32 Å². The van der Waals surface area contributed by atoms with Gasteiger partial charge in [0.2, 0.25) is 11.8 Å². The molecule has 1 aromatic rings. The van der Waals surface area contributed by atoms with E-state index in [0.29, 0.717) is 25.8 Å². The second-order valence-corrected chi connectivity index (χ2v) is 5.29. The number of anilines is 1. The molecule has 6 heteroatoms. The number of hydrogen-bond donors (Lipinski definition) is 4. The highest BCUT2D eigenvalue weighted by Gasteiger charge is 2.26. The zero-order chi connectivity index (χ0) is 15.2. The molecule has 1 aliphatic rings. The van der Waals surface area contributed by atoms with Gasteiger partial charge in [-0.1, -0.05) is 18.2 Å². The Balaban J connectivity index is 1.96. The van der Waals surface area contributed by atoms with Gasteiger partial charge < -0.3 is 22.1 Å². The average molecular weight is 290 g/mol. The van der Waals surface area contributed by atoms with Crippen LogP contribution in [0, 0.1) is 0 Å². The summed E-state index contributed by atoms with van der Waals surface area (Å²) in [5.74, 6) is -0.710. The van der Waals surface area contributed by atoms with Crippen molar-refractivity contribution in [2.24, 2.45) is 11.5 Å². The SMILES string of the molecule is NCCCC(NC(=O)C1CCc2ccccc2N1)C(N)=O. The fourth-order valence-corrected chi connectivity index (χ4v) is 2.52. The number of primary amides is 1. The molecule has 6 nitrogen and oxygen atoms in total. The summed E-state index contributed by atoms with van der Waals surface area (Å²) in [6.07, 6.45) is 2.66. The maximum absolute atomic E-state index is 12.3. The predicted octanol–water partition coefficient (Wildman–Crippen LogP) is 0.122. The summed E-state index contributed by atoms with van der Waals surface area (Å²) in [4.78, 5) is 23.6. The minimum absolute atomic E-state index is 0.190. The summed E-state index contributed by atoms with van der Waals surface area (Å²) < 4.78 is 0. The van der Waals surface area contributed by atoms with E-state index in [4.69, 9.17) is 11.5 Å². The number of carbonyl (C=O) groups excluding carboxylic acids is 2. The van der Waals surface area contributed by atoms with Gasteiger partial charge in [-0.15, -0.1) is 0 Å². The summed E-state index contributed by atoms with van der Waals surface area (Å²) in [5, 5.41) is 5.93. The number of carbonyl (C=O) groups is 2. The van der Waals surface area contributed by atoms with E-state index in [9.17, 15) is 9.59 Å². The quantitative estimate of drug-likeness (QED) is 0.596. The molecule has 0 bridgehead atoms. The van der Waals surface area contributed by atoms with Crippen LogP contribution in [-0.2, 0) is 16.0 Å². The molecule has 114 valence electrons. The standard InChI is InChI=1S/C15H22N4O2/c16-9-3-6-12(14(17)20)19-15(21)13-8-7-10-4-1-2-5-11(10)18-13/h1-2,4-5,12-13,18H,3,6-9,16H2,(H2,17,20)(H,19,21). The lowest BCUT2D eigenvalue weighted by molar-refractivity contribution is -0.128. The fourth-order valence-electron chi connectivity index (χ4n) is 2.52. The van der Waals surface area contributed by atoms with Crippen LogP contribution in [0.4, 0.5) is 5.69 Å². The first-order valence-electron chi connectivity index (χ1n) is 7.26. The summed E-state index contributed by atoms with van der Waals surface area (Å²) in [5.41, 5.74) is 12.9. The van der Waals surface area contributed by atoms with Crippen LogP contribution in [0.15, 0.2) is 24.3 Å². The monoisotopic (exact) mass is 290 g/mol. The number of fused-ring (bicyclic) bond motifs is 1. The highest BCUT2D eigenvalue weighted by molar-refractivity contribution is 5.90. The lowest BCUT2D eigenvalue weighted by Gasteiger charge is -2.27. The molecule has 0 aromatic heterocycles. The number of nitrogens with one attached hydrogen (secondary N) is 2. The van der Waals surface area contributed by atoms with Gasteiger partial charge in [0.15, 0.2) is 0 Å². The molecule has 2 atom stereocenters. The number of hydrogen-bond acceptors (Lipinski definition) is 4. The zero-order valence-corrected chi connectivity index (χ0v) is 12.0. The van der Waals surface area contributed by atoms with Crippen molar-refractivity contribution in [3.63, 3.8) is 0 Å². The lowest BCUT2D eigenvalue weighted by Crippen LogP contribution is -2.50. The summed E-state index contributed by atoms with van der Waals surface area (Å²) in [6.45, 7) is 0.467. The molecule has 2 unspecified atom stereocenters. The normalized spacial score (nSPS) is 18.2. The molecule has 1 aliphatic heterocycles. The molecular formula is C15H22N4O2. The molecule has 2 rings (SSSR count). The number of benzene rings is 1. The number of rotatable bonds is 6. The number of aryl methyl sites for hydroxylation is 1. The Bertz CT molecular complexity index is 518. The van der Waals surface area contributed by atoms with Crippen molar-refractivity contribution in [1.29, 1.82) is 0 Å². The van der Waals surface area contributed by atoms with E-state index in [1.807, 2.05) is 24.3 Å². The van der Waals surface area contributed by atoms with Crippen molar-refractivity contribution >= 4 is 17.5 Å². The minimum Gasteiger partial charge on any atom is -0.373 e. The van der Waals surface area contributed by atoms with Crippen molar-refractivity contribution in [2.45, 2.75) is 37.8 Å². The second-order valence-electron chi connectivity index (χ2n) is 5.29. The van der Waals surface area contributed by atoms with E-state index in [2.05, 4.69) is 10.6 Å². The van der Waals surface area contributed by atoms with E-state index in [-0.39, 0.29) is 11.9 Å². The van der Waals surface area contributed by atoms with Gasteiger partial charge in [0, 0.05) is 5.69 Å². The third kappa shape index (κ3) is 3.95. The average Bonchev–Trinajstić information content (AvgIpc) is 2.50. The maximum Gasteiger partial charge on any atom is 0.243 e. The molecule has 1 heterocycles. The molecule has 0 saturated heterocycles. The first-order chi connectivity index (χ1) is 10.1. The molecule has 0 spiro atoms. The van der Waals surface area contributed by atoms with Gasteiger partial charge in [0.1, 0.15) is 12.1 Å². The third-order valence-corrected chi connectivity index (χ3v) is 3.72. The molecule has 0 fully saturated rings. The first kappa shape index (κ1) is 15.3. The highest BCUT2D eigenvalue weighted by Crippen LogP contribution is 2.24. The molecule has 6 N–H and O–H groups in total. The number of amides is 2. The molecule has 0 radical (unpaired) electrons. The van der Waals surface area contributed by atoms with Gasteiger partial charge >= 0.3 is 0 Å². The lowest BCUT2D eigenvalue weighted by atomic mass is 9.97. The van der Waals surface area contributed by atoms with Crippen molar-refractivity contribution in [3.8, 4) is 0 Å². The van der Waals surface area contributed by atoms with E-state index >= 15 is 0 Å². The van der Waals surface area contributed by atoms with E-state index in [1.54, 1.807) is 0 Å². The maximum atomic E-state index is 12.3. The van der Waals surface area contributed by atoms with Crippen molar-refractivity contribution in [2.75, 3.05) is 11.9 Å². The second kappa shape index (κ2) is 7.08. The Morgan fingerprint density at radius 3 is 2.86 bits per heavy atom. The van der Waals surface area contributed by atoms with Crippen LogP contribution in [0.1, 0.15) is 24.8 Å². The molecule has 0 saturated carbocycles. The van der Waals surface area contributed by atoms with Crippen LogP contribution in [0.5, 0.6) is 0 Å². The van der Waals surface area contributed by atoms with Crippen LogP contribution in [0.3, 0.4) is 0 Å². The molecule has 1 aromatic carbocycles. The highest BCUT2D eigenvalue weighted by atomic mass is 16.2. The minimum atomic E-state index is -0.653. The van der Waals surface area contributed by atoms with Crippen LogP contribution in [0.25, 0.3) is 0 Å². The van der Waals surface area contributed by atoms with Crippen LogP contribution < -0.4 is 22.1 Å². The number of nitrogens with two attached hydrogens (primary N) is 2. The molecular weight excluding hydrogens is 268 g/mol. The van der Waals surface area contributed by atoms with E-state index in [1.165, 1.54) is 5.56 Å². The summed E-state index contributed by atoms with van der Waals surface area (Å²) in [6, 6.07) is 6.93. The Labute approximate surface area is 124 Å². The third-order valence-electron chi connectivity index (χ3n) is 3.72. The number of para-hydroxylation sites is 1. The van der Waals surface area contributed by atoms with Gasteiger partial charge in [-0.2, -0.15) is 0 Å².